The van der Waals surface area contributed by atoms with E-state index in [9.17, 15) is 9.59 Å². The van der Waals surface area contributed by atoms with Crippen LogP contribution in [0.25, 0.3) is 0 Å². The van der Waals surface area contributed by atoms with Crippen LogP contribution in [0.5, 0.6) is 0 Å². The summed E-state index contributed by atoms with van der Waals surface area (Å²) in [7, 11) is 0. The van der Waals surface area contributed by atoms with Crippen molar-refractivity contribution >= 4 is 17.6 Å². The molecule has 0 aromatic heterocycles. The Kier molecular flexibility index (Phi) is 7.25. The van der Waals surface area contributed by atoms with Gasteiger partial charge in [-0.3, -0.25) is 4.79 Å². The largest absolute Gasteiger partial charge is 0.380 e. The van der Waals surface area contributed by atoms with Crippen molar-refractivity contribution in [3.05, 3.63) is 29.3 Å². The first-order valence-electron chi connectivity index (χ1n) is 9.03. The summed E-state index contributed by atoms with van der Waals surface area (Å²) in [5, 5.41) is 5.55. The Morgan fingerprint density at radius 1 is 1.36 bits per heavy atom. The highest BCUT2D eigenvalue weighted by Gasteiger charge is 2.22. The van der Waals surface area contributed by atoms with E-state index in [-0.39, 0.29) is 11.9 Å². The van der Waals surface area contributed by atoms with E-state index in [0.29, 0.717) is 36.9 Å². The number of nitrogens with zero attached hydrogens (tertiary/aromatic N) is 1. The fraction of sp³-hybridized carbons (Fsp3) is 0.579. The number of rotatable bonds is 6. The van der Waals surface area contributed by atoms with Gasteiger partial charge in [0.1, 0.15) is 0 Å². The van der Waals surface area contributed by atoms with Crippen molar-refractivity contribution in [2.45, 2.75) is 33.6 Å². The number of urea groups is 1. The maximum atomic E-state index is 12.6. The first-order valence-corrected chi connectivity index (χ1v) is 9.03. The topological polar surface area (TPSA) is 70.7 Å². The second-order valence-corrected chi connectivity index (χ2v) is 6.61. The van der Waals surface area contributed by atoms with Crippen LogP contribution in [0.15, 0.2) is 18.2 Å². The quantitative estimate of drug-likeness (QED) is 0.777. The number of benzene rings is 1. The molecule has 1 heterocycles. The second-order valence-electron chi connectivity index (χ2n) is 6.61. The number of carbonyl (C=O) groups is 2. The van der Waals surface area contributed by atoms with Crippen molar-refractivity contribution in [2.24, 2.45) is 5.92 Å². The molecule has 1 aliphatic rings. The van der Waals surface area contributed by atoms with E-state index < -0.39 is 0 Å². The van der Waals surface area contributed by atoms with Gasteiger partial charge in [0.05, 0.1) is 6.61 Å². The molecule has 1 aromatic carbocycles. The van der Waals surface area contributed by atoms with Gasteiger partial charge in [0.15, 0.2) is 0 Å². The van der Waals surface area contributed by atoms with Crippen molar-refractivity contribution in [3.63, 3.8) is 0 Å². The lowest BCUT2D eigenvalue weighted by molar-refractivity contribution is 0.0683. The fourth-order valence-corrected chi connectivity index (χ4v) is 3.04. The summed E-state index contributed by atoms with van der Waals surface area (Å²) in [5.74, 6) is 0.627. The minimum Gasteiger partial charge on any atom is -0.380 e. The van der Waals surface area contributed by atoms with Crippen LogP contribution >= 0.6 is 0 Å². The number of anilines is 1. The lowest BCUT2D eigenvalue weighted by atomic mass is 9.99. The average Bonchev–Trinajstić information content (AvgIpc) is 2.60. The van der Waals surface area contributed by atoms with Gasteiger partial charge in [0.25, 0.3) is 5.91 Å². The molecule has 0 bridgehead atoms. The van der Waals surface area contributed by atoms with Gasteiger partial charge in [-0.1, -0.05) is 6.92 Å². The van der Waals surface area contributed by atoms with Gasteiger partial charge >= 0.3 is 6.03 Å². The highest BCUT2D eigenvalue weighted by Crippen LogP contribution is 2.21. The SMILES string of the molecule is CCOCCNC(=O)Nc1ccc(C(=O)N2CCC[C@H](C)C2)cc1C. The molecule has 1 saturated heterocycles. The van der Waals surface area contributed by atoms with Crippen LogP contribution in [0.4, 0.5) is 10.5 Å². The number of hydrogen-bond acceptors (Lipinski definition) is 3. The van der Waals surface area contributed by atoms with Crippen molar-refractivity contribution in [1.29, 1.82) is 0 Å². The molecule has 0 unspecified atom stereocenters. The number of aryl methyl sites for hydroxylation is 1. The van der Waals surface area contributed by atoms with Gasteiger partial charge in [-0.25, -0.2) is 4.79 Å². The van der Waals surface area contributed by atoms with Gasteiger partial charge in [-0.05, 0) is 56.4 Å². The normalized spacial score (nSPS) is 17.2. The molecule has 0 radical (unpaired) electrons. The van der Waals surface area contributed by atoms with Gasteiger partial charge < -0.3 is 20.3 Å². The van der Waals surface area contributed by atoms with Crippen LogP contribution in [0.1, 0.15) is 42.6 Å². The van der Waals surface area contributed by atoms with E-state index in [2.05, 4.69) is 17.6 Å². The molecule has 6 heteroatoms. The predicted molar refractivity (Wildman–Crippen MR) is 99.0 cm³/mol. The molecule has 0 spiro atoms. The first kappa shape index (κ1) is 19.2. The fourth-order valence-electron chi connectivity index (χ4n) is 3.04. The van der Waals surface area contributed by atoms with E-state index >= 15 is 0 Å². The van der Waals surface area contributed by atoms with E-state index in [1.54, 1.807) is 12.1 Å². The summed E-state index contributed by atoms with van der Waals surface area (Å²) in [4.78, 5) is 26.5. The molecule has 1 aliphatic heterocycles. The monoisotopic (exact) mass is 347 g/mol. The Hall–Kier alpha value is -2.08. The first-order chi connectivity index (χ1) is 12.0. The smallest absolute Gasteiger partial charge is 0.319 e. The summed E-state index contributed by atoms with van der Waals surface area (Å²) in [6, 6.07) is 5.15. The third kappa shape index (κ3) is 5.74. The summed E-state index contributed by atoms with van der Waals surface area (Å²) < 4.78 is 5.18. The van der Waals surface area contributed by atoms with Crippen LogP contribution in [-0.4, -0.2) is 49.7 Å². The van der Waals surface area contributed by atoms with E-state index in [4.69, 9.17) is 4.74 Å². The standard InChI is InChI=1S/C19H29N3O3/c1-4-25-11-9-20-19(24)21-17-8-7-16(12-15(17)3)18(23)22-10-5-6-14(2)13-22/h7-8,12,14H,4-6,9-11,13H2,1-3H3,(H2,20,21,24)/t14-/m0/s1. The molecule has 1 aromatic rings. The van der Waals surface area contributed by atoms with E-state index in [0.717, 1.165) is 25.1 Å². The number of carbonyl (C=O) groups excluding carboxylic acids is 2. The van der Waals surface area contributed by atoms with E-state index in [1.165, 1.54) is 6.42 Å². The predicted octanol–water partition coefficient (Wildman–Crippen LogP) is 3.03. The molecule has 0 saturated carbocycles. The Balaban J connectivity index is 1.93. The third-order valence-corrected chi connectivity index (χ3v) is 4.40. The summed E-state index contributed by atoms with van der Waals surface area (Å²) in [5.41, 5.74) is 2.25. The van der Waals surface area contributed by atoms with Gasteiger partial charge in [-0.15, -0.1) is 0 Å². The highest BCUT2D eigenvalue weighted by atomic mass is 16.5. The molecule has 3 amide bonds. The lowest BCUT2D eigenvalue weighted by Crippen LogP contribution is -2.39. The Labute approximate surface area is 149 Å². The van der Waals surface area contributed by atoms with Crippen molar-refractivity contribution in [1.82, 2.24) is 10.2 Å². The summed E-state index contributed by atoms with van der Waals surface area (Å²) >= 11 is 0. The van der Waals surface area contributed by atoms with Crippen LogP contribution < -0.4 is 10.6 Å². The summed E-state index contributed by atoms with van der Waals surface area (Å²) in [6.07, 6.45) is 2.25. The Bertz CT molecular complexity index is 604. The molecule has 2 rings (SSSR count). The molecule has 6 nitrogen and oxygen atoms in total. The molecule has 2 N–H and O–H groups in total. The second kappa shape index (κ2) is 9.42. The number of likely N-dealkylation sites (tertiary alicyclic amines) is 1. The van der Waals surface area contributed by atoms with Crippen LogP contribution in [0.2, 0.25) is 0 Å². The van der Waals surface area contributed by atoms with Crippen LogP contribution in [0, 0.1) is 12.8 Å². The molecule has 25 heavy (non-hydrogen) atoms. The number of ether oxygens (including phenoxy) is 1. The number of piperidine rings is 1. The Morgan fingerprint density at radius 2 is 2.16 bits per heavy atom. The van der Waals surface area contributed by atoms with Gasteiger partial charge in [-0.2, -0.15) is 0 Å². The van der Waals surface area contributed by atoms with Crippen LogP contribution in [0.3, 0.4) is 0 Å². The number of hydrogen-bond donors (Lipinski definition) is 2. The maximum Gasteiger partial charge on any atom is 0.319 e. The Morgan fingerprint density at radius 3 is 2.84 bits per heavy atom. The number of nitrogens with one attached hydrogen (secondary N) is 2. The third-order valence-electron chi connectivity index (χ3n) is 4.40. The van der Waals surface area contributed by atoms with Gasteiger partial charge in [0, 0.05) is 37.5 Å². The van der Waals surface area contributed by atoms with Crippen molar-refractivity contribution < 1.29 is 14.3 Å². The zero-order valence-electron chi connectivity index (χ0n) is 15.4. The minimum atomic E-state index is -0.272. The zero-order valence-corrected chi connectivity index (χ0v) is 15.4. The van der Waals surface area contributed by atoms with Crippen molar-refractivity contribution in [3.8, 4) is 0 Å². The molecule has 138 valence electrons. The molecule has 1 fully saturated rings. The van der Waals surface area contributed by atoms with Gasteiger partial charge in [0.2, 0.25) is 0 Å². The summed E-state index contributed by atoms with van der Waals surface area (Å²) in [6.45, 7) is 9.22. The molecular formula is C19H29N3O3. The zero-order chi connectivity index (χ0) is 18.2. The van der Waals surface area contributed by atoms with Crippen LogP contribution in [-0.2, 0) is 4.74 Å². The number of amides is 3. The molecule has 0 aliphatic carbocycles. The lowest BCUT2D eigenvalue weighted by Gasteiger charge is -2.31. The highest BCUT2D eigenvalue weighted by molar-refractivity contribution is 5.96. The average molecular weight is 347 g/mol. The minimum absolute atomic E-state index is 0.0716. The van der Waals surface area contributed by atoms with Crippen molar-refractivity contribution in [2.75, 3.05) is 38.2 Å². The molecular weight excluding hydrogens is 318 g/mol. The maximum absolute atomic E-state index is 12.6. The van der Waals surface area contributed by atoms with E-state index in [1.807, 2.05) is 24.8 Å². The molecule has 1 atom stereocenters.